The van der Waals surface area contributed by atoms with E-state index >= 15 is 0 Å². The predicted molar refractivity (Wildman–Crippen MR) is 112 cm³/mol. The maximum absolute atomic E-state index is 13.2. The lowest BCUT2D eigenvalue weighted by Crippen LogP contribution is -2.57. The summed E-state index contributed by atoms with van der Waals surface area (Å²) >= 11 is 0. The van der Waals surface area contributed by atoms with Gasteiger partial charge in [0, 0.05) is 51.5 Å². The highest BCUT2D eigenvalue weighted by molar-refractivity contribution is 5.98. The molecule has 158 valence electrons. The summed E-state index contributed by atoms with van der Waals surface area (Å²) in [7, 11) is 0. The van der Waals surface area contributed by atoms with Crippen LogP contribution in [0.5, 0.6) is 0 Å². The van der Waals surface area contributed by atoms with Crippen molar-refractivity contribution in [1.82, 2.24) is 14.7 Å². The molecule has 1 unspecified atom stereocenters. The first kappa shape index (κ1) is 20.3. The van der Waals surface area contributed by atoms with Gasteiger partial charge in [0.1, 0.15) is 0 Å². The zero-order chi connectivity index (χ0) is 20.2. The number of ether oxygens (including phenoxy) is 1. The van der Waals surface area contributed by atoms with E-state index in [0.717, 1.165) is 51.3 Å². The molecule has 3 heterocycles. The summed E-state index contributed by atoms with van der Waals surface area (Å²) in [6.07, 6.45) is 2.05. The fourth-order valence-electron chi connectivity index (χ4n) is 4.55. The molecule has 0 aromatic heterocycles. The van der Waals surface area contributed by atoms with Crippen molar-refractivity contribution in [2.45, 2.75) is 25.8 Å². The molecule has 1 atom stereocenters. The minimum atomic E-state index is -0.169. The average molecular weight is 401 g/mol. The standard InChI is InChI=1S/C22H32N4O3/c1-18(22(28)26-8-4-6-19-5-2-3-7-20(19)26)24-9-11-25(12-10-24)21(27)17-23-13-15-29-16-14-23/h2-3,5,7,18H,4,6,8-17H2,1H3. The van der Waals surface area contributed by atoms with Crippen molar-refractivity contribution in [2.24, 2.45) is 0 Å². The monoisotopic (exact) mass is 400 g/mol. The van der Waals surface area contributed by atoms with Crippen LogP contribution < -0.4 is 4.90 Å². The average Bonchev–Trinajstić information content (AvgIpc) is 2.78. The van der Waals surface area contributed by atoms with E-state index in [1.807, 2.05) is 28.9 Å². The van der Waals surface area contributed by atoms with E-state index < -0.39 is 0 Å². The highest BCUT2D eigenvalue weighted by Gasteiger charge is 2.32. The van der Waals surface area contributed by atoms with Crippen molar-refractivity contribution in [2.75, 3.05) is 70.5 Å². The van der Waals surface area contributed by atoms with Crippen molar-refractivity contribution in [3.8, 4) is 0 Å². The van der Waals surface area contributed by atoms with Crippen molar-refractivity contribution < 1.29 is 14.3 Å². The Morgan fingerprint density at radius 1 is 1.00 bits per heavy atom. The number of fused-ring (bicyclic) bond motifs is 1. The molecule has 2 saturated heterocycles. The fourth-order valence-corrected chi connectivity index (χ4v) is 4.55. The number of piperazine rings is 1. The van der Waals surface area contributed by atoms with Crippen LogP contribution in [0.2, 0.25) is 0 Å². The lowest BCUT2D eigenvalue weighted by Gasteiger charge is -2.40. The molecule has 4 rings (SSSR count). The second-order valence-electron chi connectivity index (χ2n) is 8.20. The zero-order valence-corrected chi connectivity index (χ0v) is 17.4. The Kier molecular flexibility index (Phi) is 6.47. The molecule has 3 aliphatic rings. The van der Waals surface area contributed by atoms with Gasteiger partial charge in [0.2, 0.25) is 11.8 Å². The topological polar surface area (TPSA) is 56.3 Å². The number of anilines is 1. The molecular formula is C22H32N4O3. The number of hydrogen-bond donors (Lipinski definition) is 0. The first-order valence-corrected chi connectivity index (χ1v) is 10.8. The Hall–Kier alpha value is -1.96. The largest absolute Gasteiger partial charge is 0.379 e. The van der Waals surface area contributed by atoms with E-state index in [4.69, 9.17) is 4.74 Å². The Morgan fingerprint density at radius 3 is 2.48 bits per heavy atom. The van der Waals surface area contributed by atoms with Crippen LogP contribution in [0.25, 0.3) is 0 Å². The van der Waals surface area contributed by atoms with Crippen LogP contribution in [0.15, 0.2) is 24.3 Å². The highest BCUT2D eigenvalue weighted by atomic mass is 16.5. The minimum absolute atomic E-state index is 0.169. The van der Waals surface area contributed by atoms with Crippen LogP contribution in [-0.2, 0) is 20.7 Å². The highest BCUT2D eigenvalue weighted by Crippen LogP contribution is 2.27. The van der Waals surface area contributed by atoms with E-state index in [1.165, 1.54) is 5.56 Å². The van der Waals surface area contributed by atoms with Gasteiger partial charge >= 0.3 is 0 Å². The number of morpholine rings is 1. The molecule has 0 bridgehead atoms. The molecule has 0 saturated carbocycles. The third-order valence-electron chi connectivity index (χ3n) is 6.41. The molecular weight excluding hydrogens is 368 g/mol. The van der Waals surface area contributed by atoms with Crippen molar-refractivity contribution in [3.05, 3.63) is 29.8 Å². The number of carbonyl (C=O) groups is 2. The number of rotatable bonds is 4. The Balaban J connectivity index is 1.30. The zero-order valence-electron chi connectivity index (χ0n) is 17.4. The molecule has 0 spiro atoms. The maximum atomic E-state index is 13.2. The number of carbonyl (C=O) groups excluding carboxylic acids is 2. The van der Waals surface area contributed by atoms with Crippen LogP contribution in [0.1, 0.15) is 18.9 Å². The number of hydrogen-bond acceptors (Lipinski definition) is 5. The van der Waals surface area contributed by atoms with Crippen LogP contribution >= 0.6 is 0 Å². The van der Waals surface area contributed by atoms with Gasteiger partial charge < -0.3 is 14.5 Å². The van der Waals surface area contributed by atoms with Crippen LogP contribution in [0, 0.1) is 0 Å². The molecule has 3 aliphatic heterocycles. The number of aryl methyl sites for hydroxylation is 1. The second-order valence-corrected chi connectivity index (χ2v) is 8.20. The molecule has 0 radical (unpaired) electrons. The van der Waals surface area contributed by atoms with Gasteiger partial charge in [-0.1, -0.05) is 18.2 Å². The number of nitrogens with zero attached hydrogens (tertiary/aromatic N) is 4. The van der Waals surface area contributed by atoms with Gasteiger partial charge in [-0.2, -0.15) is 0 Å². The van der Waals surface area contributed by atoms with Gasteiger partial charge in [-0.05, 0) is 31.4 Å². The molecule has 0 N–H and O–H groups in total. The Bertz CT molecular complexity index is 727. The van der Waals surface area contributed by atoms with Gasteiger partial charge in [0.15, 0.2) is 0 Å². The summed E-state index contributed by atoms with van der Waals surface area (Å²) in [5, 5.41) is 0. The third kappa shape index (κ3) is 4.63. The van der Waals surface area contributed by atoms with Crippen molar-refractivity contribution in [3.63, 3.8) is 0 Å². The third-order valence-corrected chi connectivity index (χ3v) is 6.41. The van der Waals surface area contributed by atoms with E-state index in [0.29, 0.717) is 32.8 Å². The summed E-state index contributed by atoms with van der Waals surface area (Å²) in [5.41, 5.74) is 2.33. The first-order chi connectivity index (χ1) is 14.1. The Morgan fingerprint density at radius 2 is 1.72 bits per heavy atom. The number of benzene rings is 1. The summed E-state index contributed by atoms with van der Waals surface area (Å²) in [6, 6.07) is 8.06. The number of amides is 2. The molecule has 2 amide bonds. The summed E-state index contributed by atoms with van der Waals surface area (Å²) < 4.78 is 5.35. The quantitative estimate of drug-likeness (QED) is 0.750. The second kappa shape index (κ2) is 9.24. The number of para-hydroxylation sites is 1. The summed E-state index contributed by atoms with van der Waals surface area (Å²) in [4.78, 5) is 34.1. The van der Waals surface area contributed by atoms with Gasteiger partial charge in [-0.25, -0.2) is 0 Å². The van der Waals surface area contributed by atoms with Gasteiger partial charge in [-0.15, -0.1) is 0 Å². The lowest BCUT2D eigenvalue weighted by molar-refractivity contribution is -0.136. The minimum Gasteiger partial charge on any atom is -0.379 e. The van der Waals surface area contributed by atoms with Crippen molar-refractivity contribution in [1.29, 1.82) is 0 Å². The lowest BCUT2D eigenvalue weighted by atomic mass is 10.0. The van der Waals surface area contributed by atoms with Gasteiger partial charge in [0.05, 0.1) is 25.8 Å². The van der Waals surface area contributed by atoms with E-state index in [-0.39, 0.29) is 17.9 Å². The van der Waals surface area contributed by atoms with Crippen LogP contribution in [-0.4, -0.2) is 98.1 Å². The van der Waals surface area contributed by atoms with Gasteiger partial charge in [0.25, 0.3) is 0 Å². The first-order valence-electron chi connectivity index (χ1n) is 10.8. The Labute approximate surface area is 173 Å². The molecule has 7 nitrogen and oxygen atoms in total. The summed E-state index contributed by atoms with van der Waals surface area (Å²) in [6.45, 7) is 9.22. The van der Waals surface area contributed by atoms with E-state index in [2.05, 4.69) is 21.9 Å². The molecule has 7 heteroatoms. The van der Waals surface area contributed by atoms with E-state index in [1.54, 1.807) is 0 Å². The smallest absolute Gasteiger partial charge is 0.244 e. The molecule has 1 aromatic carbocycles. The molecule has 2 fully saturated rings. The van der Waals surface area contributed by atoms with Crippen LogP contribution in [0.3, 0.4) is 0 Å². The van der Waals surface area contributed by atoms with Crippen molar-refractivity contribution >= 4 is 17.5 Å². The predicted octanol–water partition coefficient (Wildman–Crippen LogP) is 0.831. The fraction of sp³-hybridized carbons (Fsp3) is 0.636. The van der Waals surface area contributed by atoms with Gasteiger partial charge in [-0.3, -0.25) is 19.4 Å². The maximum Gasteiger partial charge on any atom is 0.244 e. The van der Waals surface area contributed by atoms with Crippen LogP contribution in [0.4, 0.5) is 5.69 Å². The van der Waals surface area contributed by atoms with E-state index in [9.17, 15) is 9.59 Å². The molecule has 1 aromatic rings. The molecule has 29 heavy (non-hydrogen) atoms. The molecule has 0 aliphatic carbocycles. The SMILES string of the molecule is CC(C(=O)N1CCCc2ccccc21)N1CCN(C(=O)CN2CCOCC2)CC1. The normalized spacial score (nSPS) is 22.2. The summed E-state index contributed by atoms with van der Waals surface area (Å²) in [5.74, 6) is 0.362.